The van der Waals surface area contributed by atoms with Gasteiger partial charge in [0, 0.05) is 18.0 Å². The van der Waals surface area contributed by atoms with E-state index in [0.29, 0.717) is 41.1 Å². The molecule has 0 bridgehead atoms. The highest BCUT2D eigenvalue weighted by Crippen LogP contribution is 2.17. The van der Waals surface area contributed by atoms with E-state index in [2.05, 4.69) is 20.6 Å². The molecule has 0 atom stereocenters. The molecule has 0 spiro atoms. The molecule has 24 heavy (non-hydrogen) atoms. The van der Waals surface area contributed by atoms with Crippen LogP contribution in [0, 0.1) is 6.92 Å². The Morgan fingerprint density at radius 2 is 2.00 bits per heavy atom. The zero-order valence-corrected chi connectivity index (χ0v) is 14.2. The Labute approximate surface area is 147 Å². The van der Waals surface area contributed by atoms with Crippen molar-refractivity contribution < 1.29 is 4.52 Å². The number of aryl methyl sites for hydroxylation is 1. The first kappa shape index (κ1) is 16.5. The summed E-state index contributed by atoms with van der Waals surface area (Å²) in [5, 5.41) is 11.5. The van der Waals surface area contributed by atoms with Crippen molar-refractivity contribution in [1.82, 2.24) is 19.9 Å². The van der Waals surface area contributed by atoms with Crippen molar-refractivity contribution in [2.45, 2.75) is 13.3 Å². The molecule has 1 aromatic carbocycles. The van der Waals surface area contributed by atoms with Crippen molar-refractivity contribution in [2.24, 2.45) is 0 Å². The Morgan fingerprint density at radius 1 is 1.25 bits per heavy atom. The first-order chi connectivity index (χ1) is 11.5. The zero-order chi connectivity index (χ0) is 17.1. The standard InChI is InChI=1S/C15H13Cl2N5O2/c1-9-20-13(24-21-9)6-7-18-12-8-19-22(15(23)14(12)17)11-4-2-10(16)3-5-11/h2-5,8,18H,6-7H2,1H3. The predicted octanol–water partition coefficient (Wildman–Crippen LogP) is 2.89. The maximum atomic E-state index is 12.4. The van der Waals surface area contributed by atoms with Gasteiger partial charge in [0.05, 0.1) is 17.6 Å². The predicted molar refractivity (Wildman–Crippen MR) is 91.1 cm³/mol. The number of benzene rings is 1. The van der Waals surface area contributed by atoms with Crippen molar-refractivity contribution in [3.8, 4) is 5.69 Å². The van der Waals surface area contributed by atoms with Crippen LogP contribution >= 0.6 is 23.2 Å². The number of hydrogen-bond donors (Lipinski definition) is 1. The number of halogens is 2. The van der Waals surface area contributed by atoms with Gasteiger partial charge < -0.3 is 9.84 Å². The Kier molecular flexibility index (Phi) is 4.82. The normalized spacial score (nSPS) is 10.8. The lowest BCUT2D eigenvalue weighted by atomic mass is 10.3. The second kappa shape index (κ2) is 7.02. The Bertz CT molecular complexity index is 905. The summed E-state index contributed by atoms with van der Waals surface area (Å²) in [4.78, 5) is 16.5. The van der Waals surface area contributed by atoms with Crippen LogP contribution in [0.5, 0.6) is 0 Å². The fourth-order valence-corrected chi connectivity index (χ4v) is 2.39. The molecule has 2 heterocycles. The fraction of sp³-hybridized carbons (Fsp3) is 0.200. The van der Waals surface area contributed by atoms with E-state index in [1.807, 2.05) is 0 Å². The number of aromatic nitrogens is 4. The summed E-state index contributed by atoms with van der Waals surface area (Å²) >= 11 is 12.0. The van der Waals surface area contributed by atoms with Gasteiger partial charge in [-0.25, -0.2) is 0 Å². The van der Waals surface area contributed by atoms with Gasteiger partial charge in [-0.05, 0) is 31.2 Å². The highest BCUT2D eigenvalue weighted by Gasteiger charge is 2.11. The molecule has 124 valence electrons. The molecule has 3 aromatic rings. The number of anilines is 1. The molecule has 0 fully saturated rings. The number of nitrogens with zero attached hydrogens (tertiary/aromatic N) is 4. The second-order valence-corrected chi connectivity index (χ2v) is 5.79. The summed E-state index contributed by atoms with van der Waals surface area (Å²) < 4.78 is 6.23. The Hall–Kier alpha value is -2.38. The molecular formula is C15H13Cl2N5O2. The Balaban J connectivity index is 1.75. The minimum atomic E-state index is -0.419. The topological polar surface area (TPSA) is 85.8 Å². The molecule has 0 aliphatic heterocycles. The van der Waals surface area contributed by atoms with Gasteiger partial charge in [0.2, 0.25) is 5.89 Å². The van der Waals surface area contributed by atoms with Crippen molar-refractivity contribution in [3.05, 3.63) is 62.6 Å². The minimum Gasteiger partial charge on any atom is -0.382 e. The van der Waals surface area contributed by atoms with Gasteiger partial charge in [0.15, 0.2) is 5.82 Å². The monoisotopic (exact) mass is 365 g/mol. The van der Waals surface area contributed by atoms with Gasteiger partial charge in [-0.15, -0.1) is 0 Å². The maximum Gasteiger partial charge on any atom is 0.292 e. The van der Waals surface area contributed by atoms with Gasteiger partial charge in [-0.2, -0.15) is 14.8 Å². The lowest BCUT2D eigenvalue weighted by Crippen LogP contribution is -2.23. The van der Waals surface area contributed by atoms with Crippen molar-refractivity contribution >= 4 is 28.9 Å². The molecule has 1 N–H and O–H groups in total. The summed E-state index contributed by atoms with van der Waals surface area (Å²) in [6.07, 6.45) is 2.01. The van der Waals surface area contributed by atoms with E-state index in [1.165, 1.54) is 10.9 Å². The van der Waals surface area contributed by atoms with E-state index < -0.39 is 5.56 Å². The molecule has 3 rings (SSSR count). The molecule has 7 nitrogen and oxygen atoms in total. The van der Waals surface area contributed by atoms with Crippen LogP contribution in [0.2, 0.25) is 10.0 Å². The first-order valence-corrected chi connectivity index (χ1v) is 7.87. The fourth-order valence-electron chi connectivity index (χ4n) is 2.07. The summed E-state index contributed by atoms with van der Waals surface area (Å²) in [5.41, 5.74) is 0.611. The number of rotatable bonds is 5. The molecule has 0 amide bonds. The smallest absolute Gasteiger partial charge is 0.292 e. The van der Waals surface area contributed by atoms with Gasteiger partial charge >= 0.3 is 0 Å². The van der Waals surface area contributed by atoms with Gasteiger partial charge in [0.1, 0.15) is 5.02 Å². The van der Waals surface area contributed by atoms with Gasteiger partial charge in [-0.3, -0.25) is 4.79 Å². The third-order valence-corrected chi connectivity index (χ3v) is 3.83. The highest BCUT2D eigenvalue weighted by atomic mass is 35.5. The molecule has 9 heteroatoms. The van der Waals surface area contributed by atoms with Gasteiger partial charge in [-0.1, -0.05) is 28.4 Å². The van der Waals surface area contributed by atoms with E-state index in [-0.39, 0.29) is 5.02 Å². The van der Waals surface area contributed by atoms with Crippen LogP contribution in [0.3, 0.4) is 0 Å². The third-order valence-electron chi connectivity index (χ3n) is 3.21. The first-order valence-electron chi connectivity index (χ1n) is 7.11. The van der Waals surface area contributed by atoms with Gasteiger partial charge in [0.25, 0.3) is 5.56 Å². The molecule has 0 saturated carbocycles. The SMILES string of the molecule is Cc1noc(CCNc2cnn(-c3ccc(Cl)cc3)c(=O)c2Cl)n1. The van der Waals surface area contributed by atoms with Crippen LogP contribution < -0.4 is 10.9 Å². The lowest BCUT2D eigenvalue weighted by Gasteiger charge is -2.09. The van der Waals surface area contributed by atoms with Crippen molar-refractivity contribution in [3.63, 3.8) is 0 Å². The van der Waals surface area contributed by atoms with Crippen LogP contribution in [-0.2, 0) is 6.42 Å². The van der Waals surface area contributed by atoms with E-state index in [0.717, 1.165) is 0 Å². The molecular weight excluding hydrogens is 353 g/mol. The molecule has 0 unspecified atom stereocenters. The lowest BCUT2D eigenvalue weighted by molar-refractivity contribution is 0.377. The van der Waals surface area contributed by atoms with Crippen LogP contribution in [0.15, 0.2) is 39.8 Å². The average Bonchev–Trinajstić information content (AvgIpc) is 2.98. The molecule has 0 aliphatic carbocycles. The number of hydrogen-bond acceptors (Lipinski definition) is 6. The zero-order valence-electron chi connectivity index (χ0n) is 12.7. The van der Waals surface area contributed by atoms with Crippen molar-refractivity contribution in [2.75, 3.05) is 11.9 Å². The average molecular weight is 366 g/mol. The molecule has 0 aliphatic rings. The number of nitrogens with one attached hydrogen (secondary N) is 1. The van der Waals surface area contributed by atoms with Crippen LogP contribution in [0.25, 0.3) is 5.69 Å². The largest absolute Gasteiger partial charge is 0.382 e. The maximum absolute atomic E-state index is 12.4. The van der Waals surface area contributed by atoms with E-state index in [9.17, 15) is 4.79 Å². The van der Waals surface area contributed by atoms with Crippen LogP contribution in [0.1, 0.15) is 11.7 Å². The van der Waals surface area contributed by atoms with E-state index >= 15 is 0 Å². The van der Waals surface area contributed by atoms with Crippen LogP contribution in [0.4, 0.5) is 5.69 Å². The highest BCUT2D eigenvalue weighted by molar-refractivity contribution is 6.33. The summed E-state index contributed by atoms with van der Waals surface area (Å²) in [6, 6.07) is 6.74. The second-order valence-electron chi connectivity index (χ2n) is 4.98. The minimum absolute atomic E-state index is 0.0571. The van der Waals surface area contributed by atoms with Crippen LogP contribution in [-0.4, -0.2) is 26.5 Å². The third kappa shape index (κ3) is 3.58. The quantitative estimate of drug-likeness (QED) is 0.747. The molecule has 2 aromatic heterocycles. The van der Waals surface area contributed by atoms with E-state index in [4.69, 9.17) is 27.7 Å². The Morgan fingerprint density at radius 3 is 2.67 bits per heavy atom. The molecule has 0 saturated heterocycles. The summed E-state index contributed by atoms with van der Waals surface area (Å²) in [7, 11) is 0. The van der Waals surface area contributed by atoms with Crippen molar-refractivity contribution in [1.29, 1.82) is 0 Å². The van der Waals surface area contributed by atoms with E-state index in [1.54, 1.807) is 31.2 Å². The summed E-state index contributed by atoms with van der Waals surface area (Å²) in [6.45, 7) is 2.23. The molecule has 0 radical (unpaired) electrons. The summed E-state index contributed by atoms with van der Waals surface area (Å²) in [5.74, 6) is 1.09.